The van der Waals surface area contributed by atoms with E-state index in [2.05, 4.69) is 0 Å². The molecule has 0 amide bonds. The summed E-state index contributed by atoms with van der Waals surface area (Å²) in [6.45, 7) is 5.02. The first-order valence-electron chi connectivity index (χ1n) is 4.76. The van der Waals surface area contributed by atoms with Gasteiger partial charge in [-0.05, 0) is 12.8 Å². The molecular weight excluding hydrogens is 174 g/mol. The second kappa shape index (κ2) is 3.88. The molecule has 2 unspecified atom stereocenters. The van der Waals surface area contributed by atoms with Crippen molar-refractivity contribution in [3.05, 3.63) is 0 Å². The van der Waals surface area contributed by atoms with Crippen molar-refractivity contribution in [2.24, 2.45) is 11.7 Å². The van der Waals surface area contributed by atoms with E-state index in [-0.39, 0.29) is 24.9 Å². The van der Waals surface area contributed by atoms with Gasteiger partial charge in [0, 0.05) is 25.6 Å². The topological polar surface area (TPSA) is 29.3 Å². The van der Waals surface area contributed by atoms with Crippen molar-refractivity contribution in [2.75, 3.05) is 19.6 Å². The van der Waals surface area contributed by atoms with Crippen LogP contribution >= 0.6 is 0 Å². The number of likely N-dealkylation sites (tertiary alicyclic amines) is 1. The molecule has 1 aliphatic rings. The third kappa shape index (κ3) is 3.19. The number of hydrogen-bond acceptors (Lipinski definition) is 2. The lowest BCUT2D eigenvalue weighted by Gasteiger charge is -2.22. The standard InChI is InChI=1S/C9H18F2N2/c1-7(8(2)12)5-13-4-3-9(10,11)6-13/h7-8H,3-6,12H2,1-2H3. The first kappa shape index (κ1) is 10.9. The fourth-order valence-corrected chi connectivity index (χ4v) is 1.54. The first-order valence-corrected chi connectivity index (χ1v) is 4.76. The van der Waals surface area contributed by atoms with Crippen LogP contribution in [0.25, 0.3) is 0 Å². The van der Waals surface area contributed by atoms with Crippen molar-refractivity contribution in [3.63, 3.8) is 0 Å². The maximum atomic E-state index is 12.8. The molecule has 2 nitrogen and oxygen atoms in total. The van der Waals surface area contributed by atoms with Gasteiger partial charge >= 0.3 is 0 Å². The summed E-state index contributed by atoms with van der Waals surface area (Å²) in [6.07, 6.45) is -0.00132. The molecule has 0 radical (unpaired) electrons. The zero-order valence-electron chi connectivity index (χ0n) is 8.26. The van der Waals surface area contributed by atoms with E-state index < -0.39 is 5.92 Å². The quantitative estimate of drug-likeness (QED) is 0.730. The Balaban J connectivity index is 2.32. The molecule has 1 aliphatic heterocycles. The van der Waals surface area contributed by atoms with Crippen LogP contribution in [0.1, 0.15) is 20.3 Å². The van der Waals surface area contributed by atoms with E-state index in [1.54, 1.807) is 4.90 Å². The lowest BCUT2D eigenvalue weighted by atomic mass is 10.0. The van der Waals surface area contributed by atoms with Gasteiger partial charge in [-0.15, -0.1) is 0 Å². The normalized spacial score (nSPS) is 27.5. The van der Waals surface area contributed by atoms with Crippen LogP contribution < -0.4 is 5.73 Å². The summed E-state index contributed by atoms with van der Waals surface area (Å²) in [5, 5.41) is 0. The van der Waals surface area contributed by atoms with E-state index in [1.807, 2.05) is 13.8 Å². The average Bonchev–Trinajstić information content (AvgIpc) is 2.30. The van der Waals surface area contributed by atoms with Crippen molar-refractivity contribution in [2.45, 2.75) is 32.2 Å². The molecule has 2 N–H and O–H groups in total. The summed E-state index contributed by atoms with van der Waals surface area (Å²) < 4.78 is 25.5. The van der Waals surface area contributed by atoms with Crippen LogP contribution in [0.2, 0.25) is 0 Å². The highest BCUT2D eigenvalue weighted by atomic mass is 19.3. The Morgan fingerprint density at radius 1 is 1.46 bits per heavy atom. The highest BCUT2D eigenvalue weighted by molar-refractivity contribution is 4.83. The van der Waals surface area contributed by atoms with Gasteiger partial charge < -0.3 is 5.73 Å². The monoisotopic (exact) mass is 192 g/mol. The largest absolute Gasteiger partial charge is 0.328 e. The fraction of sp³-hybridized carbons (Fsp3) is 1.00. The summed E-state index contributed by atoms with van der Waals surface area (Å²) in [7, 11) is 0. The Kier molecular flexibility index (Phi) is 3.24. The van der Waals surface area contributed by atoms with Crippen LogP contribution in [-0.2, 0) is 0 Å². The predicted octanol–water partition coefficient (Wildman–Crippen LogP) is 1.31. The van der Waals surface area contributed by atoms with Gasteiger partial charge in [-0.25, -0.2) is 8.78 Å². The van der Waals surface area contributed by atoms with Gasteiger partial charge in [-0.1, -0.05) is 6.92 Å². The van der Waals surface area contributed by atoms with Crippen LogP contribution in [0, 0.1) is 5.92 Å². The van der Waals surface area contributed by atoms with Crippen molar-refractivity contribution in [1.82, 2.24) is 4.90 Å². The SMILES string of the molecule is CC(N)C(C)CN1CCC(F)(F)C1. The summed E-state index contributed by atoms with van der Waals surface area (Å²) in [5.41, 5.74) is 5.67. The number of halogens is 2. The minimum atomic E-state index is -2.47. The zero-order valence-corrected chi connectivity index (χ0v) is 8.26. The highest BCUT2D eigenvalue weighted by Crippen LogP contribution is 2.27. The number of alkyl halides is 2. The number of rotatable bonds is 3. The molecule has 1 fully saturated rings. The Labute approximate surface area is 78.1 Å². The summed E-state index contributed by atoms with van der Waals surface area (Å²) in [5.74, 6) is -2.19. The molecule has 1 saturated heterocycles. The molecule has 13 heavy (non-hydrogen) atoms. The Bertz CT molecular complexity index is 171. The predicted molar refractivity (Wildman–Crippen MR) is 48.8 cm³/mol. The summed E-state index contributed by atoms with van der Waals surface area (Å²) in [4.78, 5) is 1.80. The Hall–Kier alpha value is -0.220. The van der Waals surface area contributed by atoms with Crippen LogP contribution in [0.3, 0.4) is 0 Å². The Morgan fingerprint density at radius 3 is 2.46 bits per heavy atom. The summed E-state index contributed by atoms with van der Waals surface area (Å²) in [6, 6.07) is 0.0780. The van der Waals surface area contributed by atoms with Crippen molar-refractivity contribution < 1.29 is 8.78 Å². The third-order valence-electron chi connectivity index (χ3n) is 2.69. The molecular formula is C9H18F2N2. The van der Waals surface area contributed by atoms with Gasteiger partial charge in [-0.2, -0.15) is 0 Å². The molecule has 0 spiro atoms. The molecule has 2 atom stereocenters. The van der Waals surface area contributed by atoms with Gasteiger partial charge in [0.25, 0.3) is 5.92 Å². The number of hydrogen-bond donors (Lipinski definition) is 1. The molecule has 0 aromatic heterocycles. The molecule has 0 aromatic carbocycles. The summed E-state index contributed by atoms with van der Waals surface area (Å²) >= 11 is 0. The molecule has 0 saturated carbocycles. The smallest absolute Gasteiger partial charge is 0.261 e. The van der Waals surface area contributed by atoms with Gasteiger partial charge in [0.05, 0.1) is 6.54 Å². The molecule has 1 rings (SSSR count). The van der Waals surface area contributed by atoms with Crippen molar-refractivity contribution in [3.8, 4) is 0 Å². The molecule has 0 aromatic rings. The van der Waals surface area contributed by atoms with Crippen molar-refractivity contribution in [1.29, 1.82) is 0 Å². The maximum Gasteiger partial charge on any atom is 0.261 e. The van der Waals surface area contributed by atoms with Gasteiger partial charge in [-0.3, -0.25) is 4.90 Å². The fourth-order valence-electron chi connectivity index (χ4n) is 1.54. The number of nitrogens with zero attached hydrogens (tertiary/aromatic N) is 1. The molecule has 1 heterocycles. The Morgan fingerprint density at radius 2 is 2.08 bits per heavy atom. The lowest BCUT2D eigenvalue weighted by Crippen LogP contribution is -2.36. The minimum Gasteiger partial charge on any atom is -0.328 e. The highest BCUT2D eigenvalue weighted by Gasteiger charge is 2.38. The van der Waals surface area contributed by atoms with Crippen LogP contribution in [0.15, 0.2) is 0 Å². The maximum absolute atomic E-state index is 12.8. The van der Waals surface area contributed by atoms with Crippen LogP contribution in [-0.4, -0.2) is 36.5 Å². The van der Waals surface area contributed by atoms with E-state index in [0.29, 0.717) is 13.1 Å². The molecule has 0 bridgehead atoms. The molecule has 78 valence electrons. The van der Waals surface area contributed by atoms with Crippen molar-refractivity contribution >= 4 is 0 Å². The second-order valence-electron chi connectivity index (χ2n) is 4.18. The van der Waals surface area contributed by atoms with E-state index in [4.69, 9.17) is 5.73 Å². The molecule has 4 heteroatoms. The number of nitrogens with two attached hydrogens (primary N) is 1. The third-order valence-corrected chi connectivity index (χ3v) is 2.69. The van der Waals surface area contributed by atoms with Gasteiger partial charge in [0.1, 0.15) is 0 Å². The zero-order chi connectivity index (χ0) is 10.1. The van der Waals surface area contributed by atoms with E-state index in [9.17, 15) is 8.78 Å². The molecule has 0 aliphatic carbocycles. The van der Waals surface area contributed by atoms with E-state index in [1.165, 1.54) is 0 Å². The second-order valence-corrected chi connectivity index (χ2v) is 4.18. The van der Waals surface area contributed by atoms with Gasteiger partial charge in [0.2, 0.25) is 0 Å². The lowest BCUT2D eigenvalue weighted by molar-refractivity contribution is 0.0108. The van der Waals surface area contributed by atoms with Gasteiger partial charge in [0.15, 0.2) is 0 Å². The van der Waals surface area contributed by atoms with E-state index in [0.717, 1.165) is 0 Å². The first-order chi connectivity index (χ1) is 5.91. The average molecular weight is 192 g/mol. The van der Waals surface area contributed by atoms with Crippen LogP contribution in [0.4, 0.5) is 8.78 Å². The van der Waals surface area contributed by atoms with E-state index >= 15 is 0 Å². The van der Waals surface area contributed by atoms with Crippen LogP contribution in [0.5, 0.6) is 0 Å². The minimum absolute atomic E-state index is 0.00132.